The van der Waals surface area contributed by atoms with E-state index in [4.69, 9.17) is 9.97 Å². The van der Waals surface area contributed by atoms with Gasteiger partial charge in [0, 0.05) is 50.2 Å². The van der Waals surface area contributed by atoms with Gasteiger partial charge >= 0.3 is 0 Å². The predicted octanol–water partition coefficient (Wildman–Crippen LogP) is 2.10. The van der Waals surface area contributed by atoms with Gasteiger partial charge in [0.1, 0.15) is 5.82 Å². The highest BCUT2D eigenvalue weighted by atomic mass is 15.3. The Morgan fingerprint density at radius 3 is 2.65 bits per heavy atom. The first-order valence-corrected chi connectivity index (χ1v) is 9.28. The number of rotatable bonds is 2. The molecule has 5 heterocycles. The number of anilines is 1. The third-order valence-electron chi connectivity index (χ3n) is 5.96. The average molecular weight is 349 g/mol. The number of likely N-dealkylation sites (N-methyl/N-ethyl adjacent to an activating group) is 1. The normalized spacial score (nSPS) is 23.5. The van der Waals surface area contributed by atoms with Gasteiger partial charge in [-0.25, -0.2) is 9.97 Å². The van der Waals surface area contributed by atoms with Crippen LogP contribution < -0.4 is 4.90 Å². The van der Waals surface area contributed by atoms with Crippen LogP contribution in [-0.4, -0.2) is 61.9 Å². The van der Waals surface area contributed by atoms with Crippen molar-refractivity contribution in [3.8, 4) is 11.4 Å². The predicted molar refractivity (Wildman–Crippen MR) is 101 cm³/mol. The number of aromatic nitrogens is 5. The lowest BCUT2D eigenvalue weighted by Gasteiger charge is -2.27. The van der Waals surface area contributed by atoms with Gasteiger partial charge in [-0.15, -0.1) is 0 Å². The molecule has 26 heavy (non-hydrogen) atoms. The fourth-order valence-electron chi connectivity index (χ4n) is 4.38. The molecule has 0 unspecified atom stereocenters. The molecular weight excluding hydrogens is 326 g/mol. The molecule has 2 aliphatic heterocycles. The summed E-state index contributed by atoms with van der Waals surface area (Å²) in [7, 11) is 4.21. The quantitative estimate of drug-likeness (QED) is 0.706. The van der Waals surface area contributed by atoms with Crippen molar-refractivity contribution in [1.82, 2.24) is 29.6 Å². The van der Waals surface area contributed by atoms with E-state index >= 15 is 0 Å². The Morgan fingerprint density at radius 2 is 1.81 bits per heavy atom. The molecule has 0 radical (unpaired) electrons. The number of hydrogen-bond acceptors (Lipinski definition) is 6. The van der Waals surface area contributed by atoms with E-state index in [0.717, 1.165) is 41.3 Å². The molecule has 134 valence electrons. The summed E-state index contributed by atoms with van der Waals surface area (Å²) in [4.78, 5) is 18.9. The molecule has 0 saturated carbocycles. The number of fused-ring (bicyclic) bond motifs is 3. The Labute approximate surface area is 152 Å². The third kappa shape index (κ3) is 2.46. The summed E-state index contributed by atoms with van der Waals surface area (Å²) in [6, 6.07) is 5.23. The second-order valence-electron chi connectivity index (χ2n) is 7.40. The van der Waals surface area contributed by atoms with E-state index in [0.29, 0.717) is 12.1 Å². The molecule has 7 heteroatoms. The molecule has 5 rings (SSSR count). The summed E-state index contributed by atoms with van der Waals surface area (Å²) in [5.74, 6) is 1.75. The summed E-state index contributed by atoms with van der Waals surface area (Å²) >= 11 is 0. The van der Waals surface area contributed by atoms with Crippen LogP contribution in [0.2, 0.25) is 0 Å². The van der Waals surface area contributed by atoms with Gasteiger partial charge in [-0.3, -0.25) is 14.6 Å². The highest BCUT2D eigenvalue weighted by Gasteiger charge is 2.35. The SMILES string of the molecule is CN1[C@H]2CC[C@@H]1CN(c1nc(-c3ccncc3)nc3c1cnn3C)CC2. The van der Waals surface area contributed by atoms with Gasteiger partial charge in [0.2, 0.25) is 0 Å². The molecule has 0 amide bonds. The first-order valence-electron chi connectivity index (χ1n) is 9.28. The molecule has 2 fully saturated rings. The zero-order valence-electron chi connectivity index (χ0n) is 15.2. The van der Waals surface area contributed by atoms with Crippen LogP contribution in [0, 0.1) is 0 Å². The van der Waals surface area contributed by atoms with Crippen molar-refractivity contribution in [2.45, 2.75) is 31.3 Å². The Morgan fingerprint density at radius 1 is 1.00 bits per heavy atom. The summed E-state index contributed by atoms with van der Waals surface area (Å²) in [5.41, 5.74) is 1.86. The van der Waals surface area contributed by atoms with Crippen molar-refractivity contribution in [2.75, 3.05) is 25.0 Å². The maximum atomic E-state index is 4.97. The summed E-state index contributed by atoms with van der Waals surface area (Å²) in [6.45, 7) is 2.05. The van der Waals surface area contributed by atoms with Gasteiger partial charge in [0.05, 0.1) is 11.6 Å². The average Bonchev–Trinajstić information content (AvgIpc) is 3.15. The zero-order valence-corrected chi connectivity index (χ0v) is 15.2. The minimum absolute atomic E-state index is 0.605. The Balaban J connectivity index is 1.62. The smallest absolute Gasteiger partial charge is 0.164 e. The third-order valence-corrected chi connectivity index (χ3v) is 5.96. The highest BCUT2D eigenvalue weighted by molar-refractivity contribution is 5.88. The molecule has 0 aromatic carbocycles. The van der Waals surface area contributed by atoms with Gasteiger partial charge in [0.25, 0.3) is 0 Å². The first-order chi connectivity index (χ1) is 12.7. The van der Waals surface area contributed by atoms with E-state index in [1.165, 1.54) is 19.3 Å². The lowest BCUT2D eigenvalue weighted by atomic mass is 10.1. The van der Waals surface area contributed by atoms with Crippen LogP contribution in [0.15, 0.2) is 30.7 Å². The summed E-state index contributed by atoms with van der Waals surface area (Å²) in [5, 5.41) is 5.47. The van der Waals surface area contributed by atoms with Crippen LogP contribution in [0.5, 0.6) is 0 Å². The molecule has 2 aliphatic rings. The van der Waals surface area contributed by atoms with E-state index in [2.05, 4.69) is 26.9 Å². The first kappa shape index (κ1) is 15.7. The van der Waals surface area contributed by atoms with E-state index < -0.39 is 0 Å². The highest BCUT2D eigenvalue weighted by Crippen LogP contribution is 2.33. The van der Waals surface area contributed by atoms with Crippen LogP contribution in [-0.2, 0) is 7.05 Å². The van der Waals surface area contributed by atoms with Crippen molar-refractivity contribution in [1.29, 1.82) is 0 Å². The summed E-state index contributed by atoms with van der Waals surface area (Å²) in [6.07, 6.45) is 9.24. The topological polar surface area (TPSA) is 63.0 Å². The molecule has 0 spiro atoms. The standard InChI is InChI=1S/C19H23N7/c1-24-14-3-4-15(24)12-26(10-7-14)19-16-11-21-25(2)18(16)22-17(23-19)13-5-8-20-9-6-13/h5-6,8-9,11,14-15H,3-4,7,10,12H2,1-2H3/t14-,15+/m0/s1. The Hall–Kier alpha value is -2.54. The molecule has 0 aliphatic carbocycles. The second kappa shape index (κ2) is 6.02. The van der Waals surface area contributed by atoms with E-state index in [1.54, 1.807) is 12.4 Å². The van der Waals surface area contributed by atoms with Gasteiger partial charge in [-0.2, -0.15) is 5.10 Å². The van der Waals surface area contributed by atoms with Gasteiger partial charge < -0.3 is 4.90 Å². The van der Waals surface area contributed by atoms with Gasteiger partial charge in [-0.05, 0) is 38.4 Å². The Bertz CT molecular complexity index is 936. The lowest BCUT2D eigenvalue weighted by Crippen LogP contribution is -2.37. The maximum absolute atomic E-state index is 4.97. The molecular formula is C19H23N7. The molecule has 2 saturated heterocycles. The molecule has 3 aromatic rings. The zero-order chi connectivity index (χ0) is 17.7. The minimum atomic E-state index is 0.605. The fraction of sp³-hybridized carbons (Fsp3) is 0.474. The maximum Gasteiger partial charge on any atom is 0.164 e. The molecule has 0 N–H and O–H groups in total. The van der Waals surface area contributed by atoms with E-state index in [-0.39, 0.29) is 0 Å². The van der Waals surface area contributed by atoms with Crippen LogP contribution >= 0.6 is 0 Å². The molecule has 3 aromatic heterocycles. The number of hydrogen-bond donors (Lipinski definition) is 0. The molecule has 2 atom stereocenters. The molecule has 7 nitrogen and oxygen atoms in total. The van der Waals surface area contributed by atoms with Crippen LogP contribution in [0.4, 0.5) is 5.82 Å². The van der Waals surface area contributed by atoms with Crippen LogP contribution in [0.3, 0.4) is 0 Å². The van der Waals surface area contributed by atoms with Crippen molar-refractivity contribution in [3.63, 3.8) is 0 Å². The number of aryl methyl sites for hydroxylation is 1. The number of nitrogens with zero attached hydrogens (tertiary/aromatic N) is 7. The van der Waals surface area contributed by atoms with Crippen molar-refractivity contribution < 1.29 is 0 Å². The van der Waals surface area contributed by atoms with Crippen molar-refractivity contribution >= 4 is 16.9 Å². The lowest BCUT2D eigenvalue weighted by molar-refractivity contribution is 0.254. The minimum Gasteiger partial charge on any atom is -0.354 e. The number of pyridine rings is 1. The van der Waals surface area contributed by atoms with Crippen molar-refractivity contribution in [2.24, 2.45) is 7.05 Å². The van der Waals surface area contributed by atoms with Crippen molar-refractivity contribution in [3.05, 3.63) is 30.7 Å². The van der Waals surface area contributed by atoms with Crippen LogP contribution in [0.1, 0.15) is 19.3 Å². The van der Waals surface area contributed by atoms with Crippen LogP contribution in [0.25, 0.3) is 22.4 Å². The van der Waals surface area contributed by atoms with E-state index in [9.17, 15) is 0 Å². The van der Waals surface area contributed by atoms with E-state index in [1.807, 2.05) is 30.1 Å². The fourth-order valence-corrected chi connectivity index (χ4v) is 4.38. The monoisotopic (exact) mass is 349 g/mol. The second-order valence-corrected chi connectivity index (χ2v) is 7.40. The van der Waals surface area contributed by atoms with Gasteiger partial charge in [0.15, 0.2) is 11.5 Å². The summed E-state index contributed by atoms with van der Waals surface area (Å²) < 4.78 is 1.83. The molecule has 2 bridgehead atoms. The largest absolute Gasteiger partial charge is 0.354 e. The Kier molecular flexibility index (Phi) is 3.63. The van der Waals surface area contributed by atoms with Gasteiger partial charge in [-0.1, -0.05) is 0 Å².